The van der Waals surface area contributed by atoms with Crippen molar-refractivity contribution in [3.8, 4) is 5.75 Å². The zero-order valence-corrected chi connectivity index (χ0v) is 6.53. The maximum Gasteiger partial charge on any atom is 0.168 e. The third-order valence-corrected chi connectivity index (χ3v) is 1.88. The monoisotopic (exact) mass is 165 g/mol. The average Bonchev–Trinajstić information content (AvgIpc) is 2.17. The average molecular weight is 165 g/mol. The minimum atomic E-state index is -0.333. The predicted molar refractivity (Wildman–Crippen MR) is 41.2 cm³/mol. The zero-order valence-electron chi connectivity index (χ0n) is 6.53. The predicted octanol–water partition coefficient (Wildman–Crippen LogP) is 1.35. The van der Waals surface area contributed by atoms with Crippen LogP contribution in [0.4, 0.5) is 0 Å². The lowest BCUT2D eigenvalue weighted by atomic mass is 10.1. The first-order chi connectivity index (χ1) is 5.90. The fourth-order valence-corrected chi connectivity index (χ4v) is 1.24. The molecule has 0 aliphatic carbocycles. The van der Waals surface area contributed by atoms with Crippen molar-refractivity contribution in [2.75, 3.05) is 6.61 Å². The normalized spacial score (nSPS) is 21.2. The molecule has 0 amide bonds. The van der Waals surface area contributed by atoms with Gasteiger partial charge in [-0.3, -0.25) is 0 Å². The molecule has 0 aromatic heterocycles. The van der Waals surface area contributed by atoms with E-state index >= 15 is 0 Å². The zero-order chi connectivity index (χ0) is 8.39. The molecular weight excluding hydrogens is 156 g/mol. The van der Waals surface area contributed by atoms with Crippen molar-refractivity contribution in [1.82, 2.24) is 0 Å². The summed E-state index contributed by atoms with van der Waals surface area (Å²) >= 11 is 0. The summed E-state index contributed by atoms with van der Waals surface area (Å²) in [6, 6.07) is 7.58. The van der Waals surface area contributed by atoms with Crippen molar-refractivity contribution in [2.45, 2.75) is 12.5 Å². The molecule has 63 valence electrons. The Morgan fingerprint density at radius 3 is 3.08 bits per heavy atom. The van der Waals surface area contributed by atoms with Gasteiger partial charge in [0, 0.05) is 12.0 Å². The molecule has 1 aromatic carbocycles. The van der Waals surface area contributed by atoms with Gasteiger partial charge >= 0.3 is 0 Å². The van der Waals surface area contributed by atoms with Crippen LogP contribution in [0.15, 0.2) is 24.3 Å². The molecule has 12 heavy (non-hydrogen) atoms. The van der Waals surface area contributed by atoms with Crippen LogP contribution in [-0.2, 0) is 16.4 Å². The maximum absolute atomic E-state index is 10.5. The van der Waals surface area contributed by atoms with E-state index in [9.17, 15) is 5.11 Å². The Morgan fingerprint density at radius 2 is 2.25 bits per heavy atom. The molecular formula is C9H9O3. The number of rotatable bonds is 1. The molecule has 1 aliphatic heterocycles. The van der Waals surface area contributed by atoms with Crippen molar-refractivity contribution in [3.63, 3.8) is 0 Å². The Bertz CT molecular complexity index is 272. The van der Waals surface area contributed by atoms with E-state index in [-0.39, 0.29) is 12.7 Å². The van der Waals surface area contributed by atoms with Gasteiger partial charge < -0.3 is 4.89 Å². The van der Waals surface area contributed by atoms with E-state index in [1.807, 2.05) is 24.3 Å². The van der Waals surface area contributed by atoms with Crippen LogP contribution in [0, 0.1) is 0 Å². The number of hydrogen-bond acceptors (Lipinski definition) is 2. The highest BCUT2D eigenvalue weighted by Crippen LogP contribution is 2.25. The van der Waals surface area contributed by atoms with Crippen LogP contribution >= 0.6 is 0 Å². The quantitative estimate of drug-likeness (QED) is 0.589. The highest BCUT2D eigenvalue weighted by molar-refractivity contribution is 5.34. The molecule has 3 nitrogen and oxygen atoms in total. The van der Waals surface area contributed by atoms with Crippen LogP contribution in [0.5, 0.6) is 5.75 Å². The molecule has 1 unspecified atom stereocenters. The van der Waals surface area contributed by atoms with Crippen LogP contribution in [0.2, 0.25) is 0 Å². The number of benzene rings is 1. The van der Waals surface area contributed by atoms with Gasteiger partial charge in [-0.05, 0) is 6.07 Å². The fraction of sp³-hybridized carbons (Fsp3) is 0.333. The second-order valence-corrected chi connectivity index (χ2v) is 2.78. The second kappa shape index (κ2) is 3.13. The molecule has 0 saturated carbocycles. The lowest BCUT2D eigenvalue weighted by molar-refractivity contribution is -0.264. The number of hydrogen-bond donors (Lipinski definition) is 0. The first kappa shape index (κ1) is 7.58. The van der Waals surface area contributed by atoms with E-state index in [4.69, 9.17) is 9.78 Å². The van der Waals surface area contributed by atoms with Crippen molar-refractivity contribution in [3.05, 3.63) is 29.8 Å². The molecule has 1 atom stereocenters. The van der Waals surface area contributed by atoms with Crippen LogP contribution in [-0.4, -0.2) is 12.7 Å². The van der Waals surface area contributed by atoms with Gasteiger partial charge in [0.25, 0.3) is 0 Å². The second-order valence-electron chi connectivity index (χ2n) is 2.78. The van der Waals surface area contributed by atoms with Crippen LogP contribution in [0.1, 0.15) is 5.56 Å². The van der Waals surface area contributed by atoms with Gasteiger partial charge in [-0.15, -0.1) is 0 Å². The molecule has 0 bridgehead atoms. The third kappa shape index (κ3) is 1.29. The summed E-state index contributed by atoms with van der Waals surface area (Å²) in [7, 11) is 0. The van der Waals surface area contributed by atoms with Crippen molar-refractivity contribution in [2.24, 2.45) is 0 Å². The smallest absolute Gasteiger partial charge is 0.168 e. The summed E-state index contributed by atoms with van der Waals surface area (Å²) in [4.78, 5) is 9.77. The maximum atomic E-state index is 10.5. The van der Waals surface area contributed by atoms with E-state index in [2.05, 4.69) is 0 Å². The van der Waals surface area contributed by atoms with Gasteiger partial charge in [0.2, 0.25) is 0 Å². The molecule has 3 heteroatoms. The Kier molecular flexibility index (Phi) is 1.98. The lowest BCUT2D eigenvalue weighted by Gasteiger charge is -2.21. The molecule has 0 saturated heterocycles. The molecule has 0 N–H and O–H groups in total. The first-order valence-corrected chi connectivity index (χ1v) is 3.89. The van der Waals surface area contributed by atoms with Crippen LogP contribution in [0.3, 0.4) is 0 Å². The van der Waals surface area contributed by atoms with Gasteiger partial charge in [-0.2, -0.15) is 4.89 Å². The molecule has 1 radical (unpaired) electrons. The lowest BCUT2D eigenvalue weighted by Crippen LogP contribution is -2.26. The topological polar surface area (TPSA) is 38.4 Å². The summed E-state index contributed by atoms with van der Waals surface area (Å²) < 4.78 is 0. The number of para-hydroxylation sites is 1. The summed E-state index contributed by atoms with van der Waals surface area (Å²) in [5, 5.41) is 10.5. The van der Waals surface area contributed by atoms with E-state index in [1.165, 1.54) is 0 Å². The molecule has 0 spiro atoms. The molecule has 1 aliphatic rings. The summed E-state index contributed by atoms with van der Waals surface area (Å²) in [5.74, 6) is 0.724. The van der Waals surface area contributed by atoms with Crippen molar-refractivity contribution < 1.29 is 14.9 Å². The van der Waals surface area contributed by atoms with Crippen LogP contribution < -0.4 is 4.89 Å². The molecule has 2 rings (SSSR count). The van der Waals surface area contributed by atoms with Gasteiger partial charge in [0.05, 0.1) is 0 Å². The van der Waals surface area contributed by atoms with Gasteiger partial charge in [0.15, 0.2) is 5.75 Å². The Hall–Kier alpha value is -1.06. The standard InChI is InChI=1S/C9H9O3/c10-6-8-5-7-3-1-2-4-9(7)12-11-8/h1-4,8H,5-6H2. The van der Waals surface area contributed by atoms with E-state index in [1.54, 1.807) is 0 Å². The largest absolute Gasteiger partial charge is 0.337 e. The van der Waals surface area contributed by atoms with E-state index in [0.29, 0.717) is 6.42 Å². The van der Waals surface area contributed by atoms with Crippen molar-refractivity contribution >= 4 is 0 Å². The van der Waals surface area contributed by atoms with E-state index in [0.717, 1.165) is 11.3 Å². The minimum absolute atomic E-state index is 0.256. The highest BCUT2D eigenvalue weighted by atomic mass is 17.2. The van der Waals surface area contributed by atoms with Gasteiger partial charge in [0.1, 0.15) is 12.7 Å². The molecule has 1 aromatic rings. The third-order valence-electron chi connectivity index (χ3n) is 1.88. The SMILES string of the molecule is [O]CC1Cc2ccccc2OO1. The summed E-state index contributed by atoms with van der Waals surface area (Å²) in [6.07, 6.45) is 0.319. The van der Waals surface area contributed by atoms with Crippen molar-refractivity contribution in [1.29, 1.82) is 0 Å². The van der Waals surface area contributed by atoms with Crippen LogP contribution in [0.25, 0.3) is 0 Å². The Balaban J connectivity index is 2.23. The fourth-order valence-electron chi connectivity index (χ4n) is 1.24. The molecule has 0 fully saturated rings. The van der Waals surface area contributed by atoms with Gasteiger partial charge in [-0.25, -0.2) is 5.11 Å². The summed E-state index contributed by atoms with van der Waals surface area (Å²) in [6.45, 7) is -0.256. The van der Waals surface area contributed by atoms with E-state index < -0.39 is 0 Å². The summed E-state index contributed by atoms with van der Waals surface area (Å²) in [5.41, 5.74) is 1.05. The number of fused-ring (bicyclic) bond motifs is 1. The molecule has 1 heterocycles. The Morgan fingerprint density at radius 1 is 1.42 bits per heavy atom. The Labute approximate surface area is 70.5 Å². The highest BCUT2D eigenvalue weighted by Gasteiger charge is 2.20. The van der Waals surface area contributed by atoms with Gasteiger partial charge in [-0.1, -0.05) is 18.2 Å². The first-order valence-electron chi connectivity index (χ1n) is 3.89. The minimum Gasteiger partial charge on any atom is -0.337 e.